The lowest BCUT2D eigenvalue weighted by molar-refractivity contribution is -0.150. The van der Waals surface area contributed by atoms with E-state index in [0.717, 1.165) is 16.5 Å². The standard InChI is InChI=1S/C19H18N2O3/c1-3-22-19(23-4-2)17-9-15-11-21-12-16(18(15)24-17)14-7-5-6-13(8-14)10-20/h5-9,11-12,19H,3-4H2,1-2H3. The summed E-state index contributed by atoms with van der Waals surface area (Å²) in [4.78, 5) is 4.28. The van der Waals surface area contributed by atoms with E-state index in [1.807, 2.05) is 38.1 Å². The van der Waals surface area contributed by atoms with Crippen LogP contribution in [0.25, 0.3) is 22.1 Å². The van der Waals surface area contributed by atoms with Gasteiger partial charge in [0.25, 0.3) is 0 Å². The van der Waals surface area contributed by atoms with Gasteiger partial charge in [0, 0.05) is 36.6 Å². The van der Waals surface area contributed by atoms with Crippen molar-refractivity contribution in [2.75, 3.05) is 13.2 Å². The van der Waals surface area contributed by atoms with Crippen molar-refractivity contribution in [3.8, 4) is 17.2 Å². The third kappa shape index (κ3) is 3.16. The van der Waals surface area contributed by atoms with Gasteiger partial charge in [-0.2, -0.15) is 5.26 Å². The van der Waals surface area contributed by atoms with E-state index < -0.39 is 6.29 Å². The maximum absolute atomic E-state index is 9.10. The van der Waals surface area contributed by atoms with Gasteiger partial charge >= 0.3 is 0 Å². The minimum atomic E-state index is -0.536. The molecule has 122 valence electrons. The van der Waals surface area contributed by atoms with Crippen LogP contribution in [0.2, 0.25) is 0 Å². The van der Waals surface area contributed by atoms with Crippen LogP contribution in [-0.2, 0) is 9.47 Å². The molecule has 24 heavy (non-hydrogen) atoms. The monoisotopic (exact) mass is 322 g/mol. The van der Waals surface area contributed by atoms with E-state index in [4.69, 9.17) is 19.2 Å². The van der Waals surface area contributed by atoms with Crippen molar-refractivity contribution < 1.29 is 13.9 Å². The molecular weight excluding hydrogens is 304 g/mol. The van der Waals surface area contributed by atoms with Crippen molar-refractivity contribution in [3.63, 3.8) is 0 Å². The van der Waals surface area contributed by atoms with Gasteiger partial charge in [-0.05, 0) is 37.6 Å². The molecule has 2 heterocycles. The second-order valence-corrected chi connectivity index (χ2v) is 5.19. The number of furan rings is 1. The van der Waals surface area contributed by atoms with Crippen LogP contribution < -0.4 is 0 Å². The molecule has 0 N–H and O–H groups in total. The molecule has 0 saturated heterocycles. The summed E-state index contributed by atoms with van der Waals surface area (Å²) in [6, 6.07) is 11.4. The molecule has 0 aliphatic rings. The second-order valence-electron chi connectivity index (χ2n) is 5.19. The van der Waals surface area contributed by atoms with Gasteiger partial charge in [0.1, 0.15) is 5.58 Å². The predicted octanol–water partition coefficient (Wildman–Crippen LogP) is 4.44. The van der Waals surface area contributed by atoms with Gasteiger partial charge in [0.15, 0.2) is 5.76 Å². The fraction of sp³-hybridized carbons (Fsp3) is 0.263. The van der Waals surface area contributed by atoms with Crippen molar-refractivity contribution in [3.05, 3.63) is 54.0 Å². The third-order valence-corrected chi connectivity index (χ3v) is 3.61. The number of nitriles is 1. The smallest absolute Gasteiger partial charge is 0.217 e. The molecule has 0 spiro atoms. The van der Waals surface area contributed by atoms with Gasteiger partial charge in [0.05, 0.1) is 11.6 Å². The van der Waals surface area contributed by atoms with E-state index in [-0.39, 0.29) is 0 Å². The Morgan fingerprint density at radius 2 is 1.96 bits per heavy atom. The Balaban J connectivity index is 2.08. The number of hydrogen-bond donors (Lipinski definition) is 0. The Morgan fingerprint density at radius 1 is 1.17 bits per heavy atom. The topological polar surface area (TPSA) is 68.3 Å². The molecule has 0 radical (unpaired) electrons. The molecule has 5 nitrogen and oxygen atoms in total. The molecule has 0 aliphatic carbocycles. The Labute approximate surface area is 140 Å². The maximum atomic E-state index is 9.10. The van der Waals surface area contributed by atoms with Gasteiger partial charge in [-0.3, -0.25) is 4.98 Å². The minimum absolute atomic E-state index is 0.525. The van der Waals surface area contributed by atoms with Gasteiger partial charge in [-0.1, -0.05) is 12.1 Å². The number of pyridine rings is 1. The first kappa shape index (κ1) is 16.2. The molecule has 3 rings (SSSR count). The number of hydrogen-bond acceptors (Lipinski definition) is 5. The zero-order valence-corrected chi connectivity index (χ0v) is 13.7. The molecule has 2 aromatic heterocycles. The van der Waals surface area contributed by atoms with E-state index in [9.17, 15) is 0 Å². The first-order chi connectivity index (χ1) is 11.8. The van der Waals surface area contributed by atoms with Crippen molar-refractivity contribution in [2.45, 2.75) is 20.1 Å². The number of ether oxygens (including phenoxy) is 2. The highest BCUT2D eigenvalue weighted by Gasteiger charge is 2.19. The van der Waals surface area contributed by atoms with Gasteiger partial charge in [-0.25, -0.2) is 0 Å². The maximum Gasteiger partial charge on any atom is 0.217 e. The molecule has 3 aromatic rings. The van der Waals surface area contributed by atoms with Crippen molar-refractivity contribution >= 4 is 11.0 Å². The Morgan fingerprint density at radius 3 is 2.67 bits per heavy atom. The molecule has 0 saturated carbocycles. The lowest BCUT2D eigenvalue weighted by atomic mass is 10.0. The van der Waals surface area contributed by atoms with Crippen LogP contribution in [0.5, 0.6) is 0 Å². The zero-order chi connectivity index (χ0) is 16.9. The van der Waals surface area contributed by atoms with Crippen LogP contribution in [0, 0.1) is 11.3 Å². The molecule has 0 aliphatic heterocycles. The average Bonchev–Trinajstić information content (AvgIpc) is 3.05. The Bertz CT molecular complexity index is 874. The Kier molecular flexibility index (Phi) is 4.90. The van der Waals surface area contributed by atoms with E-state index in [0.29, 0.717) is 30.1 Å². The fourth-order valence-corrected chi connectivity index (χ4v) is 2.58. The highest BCUT2D eigenvalue weighted by atomic mass is 16.7. The number of fused-ring (bicyclic) bond motifs is 1. The van der Waals surface area contributed by atoms with Gasteiger partial charge in [-0.15, -0.1) is 0 Å². The second kappa shape index (κ2) is 7.26. The number of aromatic nitrogens is 1. The van der Waals surface area contributed by atoms with Crippen LogP contribution in [0.1, 0.15) is 31.5 Å². The van der Waals surface area contributed by atoms with Crippen LogP contribution in [0.3, 0.4) is 0 Å². The van der Waals surface area contributed by atoms with Gasteiger partial charge < -0.3 is 13.9 Å². The molecule has 0 bridgehead atoms. The van der Waals surface area contributed by atoms with Crippen LogP contribution in [0.15, 0.2) is 47.1 Å². The predicted molar refractivity (Wildman–Crippen MR) is 90.2 cm³/mol. The van der Waals surface area contributed by atoms with Crippen molar-refractivity contribution in [1.29, 1.82) is 5.26 Å². The largest absolute Gasteiger partial charge is 0.455 e. The summed E-state index contributed by atoms with van der Waals surface area (Å²) >= 11 is 0. The molecule has 5 heteroatoms. The number of rotatable bonds is 6. The lowest BCUT2D eigenvalue weighted by Crippen LogP contribution is -2.07. The molecule has 1 aromatic carbocycles. The third-order valence-electron chi connectivity index (χ3n) is 3.61. The summed E-state index contributed by atoms with van der Waals surface area (Å²) in [7, 11) is 0. The fourth-order valence-electron chi connectivity index (χ4n) is 2.58. The highest BCUT2D eigenvalue weighted by molar-refractivity contribution is 5.92. The van der Waals surface area contributed by atoms with E-state index in [1.165, 1.54) is 0 Å². The number of benzene rings is 1. The first-order valence-electron chi connectivity index (χ1n) is 7.88. The highest BCUT2D eigenvalue weighted by Crippen LogP contribution is 2.33. The zero-order valence-electron chi connectivity index (χ0n) is 13.7. The molecule has 0 atom stereocenters. The van der Waals surface area contributed by atoms with Crippen LogP contribution >= 0.6 is 0 Å². The van der Waals surface area contributed by atoms with Crippen molar-refractivity contribution in [2.24, 2.45) is 0 Å². The normalized spacial score (nSPS) is 11.1. The molecule has 0 fully saturated rings. The summed E-state index contributed by atoms with van der Waals surface area (Å²) in [5.74, 6) is 0.611. The first-order valence-corrected chi connectivity index (χ1v) is 7.88. The minimum Gasteiger partial charge on any atom is -0.455 e. The summed E-state index contributed by atoms with van der Waals surface area (Å²) in [5, 5.41) is 9.96. The van der Waals surface area contributed by atoms with Crippen molar-refractivity contribution in [1.82, 2.24) is 4.98 Å². The molecule has 0 amide bonds. The quantitative estimate of drug-likeness (QED) is 0.628. The van der Waals surface area contributed by atoms with E-state index in [1.54, 1.807) is 18.5 Å². The van der Waals surface area contributed by atoms with Gasteiger partial charge in [0.2, 0.25) is 6.29 Å². The molecular formula is C19H18N2O3. The molecule has 0 unspecified atom stereocenters. The summed E-state index contributed by atoms with van der Waals surface area (Å²) < 4.78 is 17.2. The average molecular weight is 322 g/mol. The summed E-state index contributed by atoms with van der Waals surface area (Å²) in [6.07, 6.45) is 2.95. The lowest BCUT2D eigenvalue weighted by Gasteiger charge is -2.13. The number of nitrogens with zero attached hydrogens (tertiary/aromatic N) is 2. The summed E-state index contributed by atoms with van der Waals surface area (Å²) in [6.45, 7) is 4.87. The summed E-state index contributed by atoms with van der Waals surface area (Å²) in [5.41, 5.74) is 3.03. The SMILES string of the molecule is CCOC(OCC)c1cc2cncc(-c3cccc(C#N)c3)c2o1. The van der Waals surface area contributed by atoms with E-state index in [2.05, 4.69) is 11.1 Å². The van der Waals surface area contributed by atoms with Crippen LogP contribution in [-0.4, -0.2) is 18.2 Å². The van der Waals surface area contributed by atoms with Crippen LogP contribution in [0.4, 0.5) is 0 Å². The van der Waals surface area contributed by atoms with E-state index >= 15 is 0 Å². The Hall–Kier alpha value is -2.68.